The lowest BCUT2D eigenvalue weighted by Gasteiger charge is -2.31. The second-order valence-electron chi connectivity index (χ2n) is 7.28. The predicted molar refractivity (Wildman–Crippen MR) is 105 cm³/mol. The van der Waals surface area contributed by atoms with Crippen molar-refractivity contribution in [2.24, 2.45) is 0 Å². The van der Waals surface area contributed by atoms with Gasteiger partial charge in [-0.1, -0.05) is 0 Å². The number of carboxylic acid groups (broad SMARTS) is 1. The van der Waals surface area contributed by atoms with Crippen molar-refractivity contribution in [2.75, 3.05) is 30.3 Å². The average molecular weight is 424 g/mol. The first-order valence-corrected chi connectivity index (χ1v) is 10.4. The number of amides is 1. The molecule has 0 unspecified atom stereocenters. The van der Waals surface area contributed by atoms with Crippen LogP contribution in [0.15, 0.2) is 17.5 Å². The van der Waals surface area contributed by atoms with Crippen LogP contribution < -0.4 is 15.4 Å². The highest BCUT2D eigenvalue weighted by molar-refractivity contribution is 7.13. The number of nitrogen functional groups attached to an aromatic ring is 1. The van der Waals surface area contributed by atoms with Gasteiger partial charge in [0.25, 0.3) is 0 Å². The fraction of sp³-hybridized carbons (Fsp3) is 0.474. The summed E-state index contributed by atoms with van der Waals surface area (Å²) >= 11 is 1.31. The number of hydrogen-bond donors (Lipinski definition) is 2. The molecule has 2 aromatic rings. The summed E-state index contributed by atoms with van der Waals surface area (Å²) in [6.07, 6.45) is 1.29. The third-order valence-corrected chi connectivity index (χ3v) is 6.12. The van der Waals surface area contributed by atoms with Crippen LogP contribution in [0.4, 0.5) is 24.4 Å². The van der Waals surface area contributed by atoms with E-state index >= 15 is 0 Å². The van der Waals surface area contributed by atoms with Crippen LogP contribution in [0.3, 0.4) is 0 Å². The normalized spacial score (nSPS) is 20.3. The molecule has 1 atom stereocenters. The van der Waals surface area contributed by atoms with Gasteiger partial charge in [0.2, 0.25) is 0 Å². The largest absolute Gasteiger partial charge is 0.490 e. The number of piperidine rings is 1. The molecule has 1 aromatic heterocycles. The molecule has 1 amide bonds. The molecule has 29 heavy (non-hydrogen) atoms. The van der Waals surface area contributed by atoms with Crippen LogP contribution in [0, 0.1) is 11.6 Å². The molecule has 3 heterocycles. The van der Waals surface area contributed by atoms with Crippen LogP contribution in [-0.2, 0) is 0 Å². The van der Waals surface area contributed by atoms with Gasteiger partial charge in [0.15, 0.2) is 16.8 Å². The maximum absolute atomic E-state index is 14.9. The van der Waals surface area contributed by atoms with Gasteiger partial charge < -0.3 is 25.4 Å². The van der Waals surface area contributed by atoms with Gasteiger partial charge in [-0.15, -0.1) is 11.3 Å². The number of hydrogen-bond acceptors (Lipinski definition) is 6. The van der Waals surface area contributed by atoms with Gasteiger partial charge in [0, 0.05) is 50.0 Å². The second kappa shape index (κ2) is 8.02. The molecule has 0 saturated carbocycles. The Morgan fingerprint density at radius 2 is 1.90 bits per heavy atom. The highest BCUT2D eigenvalue weighted by atomic mass is 32.1. The quantitative estimate of drug-likeness (QED) is 0.774. The molecule has 7 nitrogen and oxygen atoms in total. The summed E-state index contributed by atoms with van der Waals surface area (Å²) in [5, 5.41) is 11.3. The van der Waals surface area contributed by atoms with Crippen molar-refractivity contribution in [3.05, 3.63) is 34.8 Å². The van der Waals surface area contributed by atoms with E-state index < -0.39 is 17.7 Å². The van der Waals surface area contributed by atoms with E-state index in [1.165, 1.54) is 28.4 Å². The van der Waals surface area contributed by atoms with Crippen LogP contribution in [0.2, 0.25) is 0 Å². The molecule has 10 heteroatoms. The molecule has 2 aliphatic rings. The molecular formula is C19H22F2N4O3S. The molecule has 2 fully saturated rings. The van der Waals surface area contributed by atoms with Crippen LogP contribution in [0.25, 0.3) is 0 Å². The Morgan fingerprint density at radius 1 is 1.21 bits per heavy atom. The van der Waals surface area contributed by atoms with E-state index in [-0.39, 0.29) is 23.6 Å². The summed E-state index contributed by atoms with van der Waals surface area (Å²) in [4.78, 5) is 18.3. The molecule has 2 saturated heterocycles. The third-order valence-electron chi connectivity index (χ3n) is 5.43. The zero-order valence-electron chi connectivity index (χ0n) is 15.7. The Hall–Kier alpha value is -2.62. The van der Waals surface area contributed by atoms with Crippen molar-refractivity contribution in [3.8, 4) is 5.75 Å². The number of nitrogens with zero attached hydrogens (tertiary/aromatic N) is 3. The number of thiazole rings is 1. The molecule has 0 aliphatic carbocycles. The molecule has 3 N–H and O–H groups in total. The van der Waals surface area contributed by atoms with E-state index in [9.17, 15) is 13.6 Å². The number of aromatic nitrogens is 1. The van der Waals surface area contributed by atoms with Gasteiger partial charge in [0.1, 0.15) is 17.5 Å². The Balaban J connectivity index is 1.49. The molecule has 0 spiro atoms. The van der Waals surface area contributed by atoms with Crippen LogP contribution in [-0.4, -0.2) is 46.8 Å². The number of likely N-dealkylation sites (tertiary alicyclic amines) is 1. The van der Waals surface area contributed by atoms with Gasteiger partial charge in [-0.3, -0.25) is 0 Å². The standard InChI is InChI=1S/C19H22F2N4O3S/c20-13-8-12(28-11-3-6-24(7-4-11)19(26)27)9-14(21)17(13)25-5-1-2-16(25)15-10-29-18(22)23-15/h8-11,16H,1-7H2,(H2,22,23)(H,26,27)/t16-/m1/s1. The zero-order valence-corrected chi connectivity index (χ0v) is 16.5. The first kappa shape index (κ1) is 19.7. The number of nitrogens with two attached hydrogens (primary N) is 1. The minimum atomic E-state index is -0.966. The van der Waals surface area contributed by atoms with Gasteiger partial charge in [0.05, 0.1) is 11.7 Å². The number of halogens is 2. The summed E-state index contributed by atoms with van der Waals surface area (Å²) in [6.45, 7) is 1.22. The van der Waals surface area contributed by atoms with E-state index in [2.05, 4.69) is 4.98 Å². The minimum absolute atomic E-state index is 0.0767. The van der Waals surface area contributed by atoms with Gasteiger partial charge >= 0.3 is 6.09 Å². The number of anilines is 2. The van der Waals surface area contributed by atoms with Crippen LogP contribution in [0.5, 0.6) is 5.75 Å². The Kier molecular flexibility index (Phi) is 5.44. The van der Waals surface area contributed by atoms with Gasteiger partial charge in [-0.2, -0.15) is 0 Å². The van der Waals surface area contributed by atoms with Gasteiger partial charge in [-0.25, -0.2) is 18.6 Å². The van der Waals surface area contributed by atoms with Crippen molar-refractivity contribution >= 4 is 28.2 Å². The molecule has 156 valence electrons. The minimum Gasteiger partial charge on any atom is -0.490 e. The third kappa shape index (κ3) is 4.07. The van der Waals surface area contributed by atoms with Gasteiger partial charge in [-0.05, 0) is 12.8 Å². The monoisotopic (exact) mass is 424 g/mol. The molecule has 0 bridgehead atoms. The first-order chi connectivity index (χ1) is 13.9. The highest BCUT2D eigenvalue weighted by Gasteiger charge is 2.32. The molecule has 0 radical (unpaired) electrons. The summed E-state index contributed by atoms with van der Waals surface area (Å²) in [5.41, 5.74) is 6.37. The number of benzene rings is 1. The first-order valence-electron chi connectivity index (χ1n) is 9.53. The van der Waals surface area contributed by atoms with E-state index in [0.717, 1.165) is 18.5 Å². The topological polar surface area (TPSA) is 91.9 Å². The van der Waals surface area contributed by atoms with Crippen LogP contribution >= 0.6 is 11.3 Å². The number of carbonyl (C=O) groups is 1. The van der Waals surface area contributed by atoms with Crippen molar-refractivity contribution in [3.63, 3.8) is 0 Å². The highest BCUT2D eigenvalue weighted by Crippen LogP contribution is 2.40. The Morgan fingerprint density at radius 3 is 2.48 bits per heavy atom. The van der Waals surface area contributed by atoms with Crippen molar-refractivity contribution < 1.29 is 23.4 Å². The summed E-state index contributed by atoms with van der Waals surface area (Å²) in [6, 6.07) is 2.19. The number of rotatable bonds is 4. The predicted octanol–water partition coefficient (Wildman–Crippen LogP) is 3.87. The second-order valence-corrected chi connectivity index (χ2v) is 8.17. The number of ether oxygens (including phenoxy) is 1. The van der Waals surface area contributed by atoms with E-state index in [4.69, 9.17) is 15.6 Å². The molecule has 1 aromatic carbocycles. The zero-order chi connectivity index (χ0) is 20.5. The summed E-state index contributed by atoms with van der Waals surface area (Å²) in [5.74, 6) is -1.25. The lowest BCUT2D eigenvalue weighted by molar-refractivity contribution is 0.0892. The molecule has 4 rings (SSSR count). The molecular weight excluding hydrogens is 402 g/mol. The smallest absolute Gasteiger partial charge is 0.407 e. The Labute approximate surface area is 170 Å². The lowest BCUT2D eigenvalue weighted by atomic mass is 10.1. The van der Waals surface area contributed by atoms with E-state index in [1.54, 1.807) is 4.90 Å². The molecule has 2 aliphatic heterocycles. The average Bonchev–Trinajstić information content (AvgIpc) is 3.30. The van der Waals surface area contributed by atoms with E-state index in [0.29, 0.717) is 37.6 Å². The van der Waals surface area contributed by atoms with Crippen molar-refractivity contribution in [1.82, 2.24) is 9.88 Å². The summed E-state index contributed by atoms with van der Waals surface area (Å²) in [7, 11) is 0. The Bertz CT molecular complexity index is 878. The summed E-state index contributed by atoms with van der Waals surface area (Å²) < 4.78 is 35.5. The van der Waals surface area contributed by atoms with E-state index in [1.807, 2.05) is 5.38 Å². The van der Waals surface area contributed by atoms with Crippen molar-refractivity contribution in [2.45, 2.75) is 37.8 Å². The maximum Gasteiger partial charge on any atom is 0.407 e. The van der Waals surface area contributed by atoms with Crippen molar-refractivity contribution in [1.29, 1.82) is 0 Å². The van der Waals surface area contributed by atoms with Crippen LogP contribution in [0.1, 0.15) is 37.4 Å². The maximum atomic E-state index is 14.9. The lowest BCUT2D eigenvalue weighted by Crippen LogP contribution is -2.41. The fourth-order valence-corrected chi connectivity index (χ4v) is 4.65. The fourth-order valence-electron chi connectivity index (χ4n) is 4.04. The SMILES string of the molecule is Nc1nc([C@H]2CCCN2c2c(F)cc(OC3CCN(C(=O)O)CC3)cc2F)cs1.